The standard InChI is InChI=1S/C25H24ClN3O3S/c1-3-28(24(30)12-10-20-25(26)27-23-8-4-5-13-29(20)23)16-18-9-11-21(22(15-18)31-2)32-17-19-7-6-14-33-19/h4-15H,3,16-17H2,1-2H3/b12-10+. The Kier molecular flexibility index (Phi) is 7.32. The summed E-state index contributed by atoms with van der Waals surface area (Å²) in [5.41, 5.74) is 2.35. The molecule has 4 rings (SSSR count). The summed E-state index contributed by atoms with van der Waals surface area (Å²) in [5, 5.41) is 2.38. The second kappa shape index (κ2) is 10.6. The zero-order valence-electron chi connectivity index (χ0n) is 18.4. The Morgan fingerprint density at radius 2 is 2.09 bits per heavy atom. The van der Waals surface area contributed by atoms with Crippen LogP contribution in [-0.2, 0) is 17.9 Å². The van der Waals surface area contributed by atoms with Crippen molar-refractivity contribution in [1.82, 2.24) is 14.3 Å². The zero-order valence-corrected chi connectivity index (χ0v) is 20.0. The molecule has 0 saturated heterocycles. The number of hydrogen-bond acceptors (Lipinski definition) is 5. The van der Waals surface area contributed by atoms with Gasteiger partial charge in [-0.2, -0.15) is 0 Å². The Hall–Kier alpha value is -3.29. The molecule has 0 bridgehead atoms. The number of benzene rings is 1. The molecule has 0 saturated carbocycles. The van der Waals surface area contributed by atoms with E-state index in [1.165, 1.54) is 6.08 Å². The monoisotopic (exact) mass is 481 g/mol. The van der Waals surface area contributed by atoms with Gasteiger partial charge in [-0.3, -0.25) is 9.20 Å². The molecular formula is C25H24ClN3O3S. The van der Waals surface area contributed by atoms with Gasteiger partial charge in [0.15, 0.2) is 16.7 Å². The molecule has 0 aliphatic carbocycles. The number of thiophene rings is 1. The molecule has 0 unspecified atom stereocenters. The molecule has 4 aromatic rings. The van der Waals surface area contributed by atoms with E-state index in [1.54, 1.807) is 29.4 Å². The molecule has 6 nitrogen and oxygen atoms in total. The van der Waals surface area contributed by atoms with Gasteiger partial charge in [-0.25, -0.2) is 4.98 Å². The lowest BCUT2D eigenvalue weighted by atomic mass is 10.2. The first kappa shape index (κ1) is 22.9. The molecular weight excluding hydrogens is 458 g/mol. The van der Waals surface area contributed by atoms with Gasteiger partial charge in [0.2, 0.25) is 5.91 Å². The number of methoxy groups -OCH3 is 1. The lowest BCUT2D eigenvalue weighted by molar-refractivity contribution is -0.126. The molecule has 0 N–H and O–H groups in total. The normalized spacial score (nSPS) is 11.2. The topological polar surface area (TPSA) is 56.1 Å². The summed E-state index contributed by atoms with van der Waals surface area (Å²) in [6.07, 6.45) is 5.10. The number of ether oxygens (including phenoxy) is 2. The number of pyridine rings is 1. The fourth-order valence-corrected chi connectivity index (χ4v) is 4.29. The molecule has 1 aromatic carbocycles. The molecule has 0 aliphatic heterocycles. The van der Waals surface area contributed by atoms with E-state index in [1.807, 2.05) is 71.4 Å². The number of halogens is 1. The minimum atomic E-state index is -0.114. The molecule has 0 spiro atoms. The smallest absolute Gasteiger partial charge is 0.246 e. The summed E-state index contributed by atoms with van der Waals surface area (Å²) in [7, 11) is 1.61. The van der Waals surface area contributed by atoms with E-state index in [-0.39, 0.29) is 5.91 Å². The second-order valence-corrected chi connectivity index (χ2v) is 8.65. The molecule has 3 aromatic heterocycles. The van der Waals surface area contributed by atoms with Crippen LogP contribution in [0.1, 0.15) is 23.1 Å². The molecule has 8 heteroatoms. The van der Waals surface area contributed by atoms with Gasteiger partial charge in [0.1, 0.15) is 12.3 Å². The minimum absolute atomic E-state index is 0.114. The number of fused-ring (bicyclic) bond motifs is 1. The predicted molar refractivity (Wildman–Crippen MR) is 132 cm³/mol. The van der Waals surface area contributed by atoms with E-state index in [4.69, 9.17) is 21.1 Å². The van der Waals surface area contributed by atoms with Crippen molar-refractivity contribution in [3.63, 3.8) is 0 Å². The van der Waals surface area contributed by atoms with E-state index < -0.39 is 0 Å². The van der Waals surface area contributed by atoms with Gasteiger partial charge in [-0.15, -0.1) is 11.3 Å². The van der Waals surface area contributed by atoms with Crippen LogP contribution >= 0.6 is 22.9 Å². The highest BCUT2D eigenvalue weighted by molar-refractivity contribution is 7.09. The third-order valence-electron chi connectivity index (χ3n) is 5.15. The number of likely N-dealkylation sites (N-methyl/N-ethyl adjacent to an activating group) is 1. The number of hydrogen-bond donors (Lipinski definition) is 0. The van der Waals surface area contributed by atoms with Crippen molar-refractivity contribution in [2.75, 3.05) is 13.7 Å². The van der Waals surface area contributed by atoms with Crippen LogP contribution < -0.4 is 9.47 Å². The van der Waals surface area contributed by atoms with E-state index >= 15 is 0 Å². The van der Waals surface area contributed by atoms with Crippen molar-refractivity contribution in [1.29, 1.82) is 0 Å². The summed E-state index contributed by atoms with van der Waals surface area (Å²) in [6, 6.07) is 15.4. The number of aromatic nitrogens is 2. The van der Waals surface area contributed by atoms with Crippen LogP contribution in [0.3, 0.4) is 0 Å². The summed E-state index contributed by atoms with van der Waals surface area (Å²) in [6.45, 7) is 3.44. The molecule has 3 heterocycles. The van der Waals surface area contributed by atoms with E-state index in [0.717, 1.165) is 16.1 Å². The first-order chi connectivity index (χ1) is 16.1. The van der Waals surface area contributed by atoms with Gasteiger partial charge in [-0.05, 0) is 54.3 Å². The van der Waals surface area contributed by atoms with E-state index in [0.29, 0.717) is 42.0 Å². The summed E-state index contributed by atoms with van der Waals surface area (Å²) in [5.74, 6) is 1.20. The van der Waals surface area contributed by atoms with Crippen molar-refractivity contribution in [3.8, 4) is 11.5 Å². The first-order valence-corrected chi connectivity index (χ1v) is 11.8. The number of amides is 1. The van der Waals surface area contributed by atoms with Gasteiger partial charge in [-0.1, -0.05) is 29.8 Å². The van der Waals surface area contributed by atoms with Crippen LogP contribution in [0.2, 0.25) is 5.15 Å². The summed E-state index contributed by atoms with van der Waals surface area (Å²) < 4.78 is 13.3. The summed E-state index contributed by atoms with van der Waals surface area (Å²) >= 11 is 7.92. The highest BCUT2D eigenvalue weighted by Crippen LogP contribution is 2.30. The molecule has 170 valence electrons. The second-order valence-electron chi connectivity index (χ2n) is 7.26. The molecule has 0 atom stereocenters. The average Bonchev–Trinajstić information content (AvgIpc) is 3.47. The van der Waals surface area contributed by atoms with Crippen LogP contribution in [-0.4, -0.2) is 33.8 Å². The number of nitrogens with zero attached hydrogens (tertiary/aromatic N) is 3. The largest absolute Gasteiger partial charge is 0.493 e. The Bertz CT molecular complexity index is 1270. The van der Waals surface area contributed by atoms with Crippen LogP contribution in [0.15, 0.2) is 66.2 Å². The number of rotatable bonds is 9. The Balaban J connectivity index is 1.45. The van der Waals surface area contributed by atoms with Crippen molar-refractivity contribution in [2.45, 2.75) is 20.1 Å². The van der Waals surface area contributed by atoms with Crippen LogP contribution in [0.5, 0.6) is 11.5 Å². The van der Waals surface area contributed by atoms with Gasteiger partial charge < -0.3 is 14.4 Å². The van der Waals surface area contributed by atoms with Crippen LogP contribution in [0.25, 0.3) is 11.7 Å². The van der Waals surface area contributed by atoms with Crippen molar-refractivity contribution in [2.24, 2.45) is 0 Å². The van der Waals surface area contributed by atoms with Crippen molar-refractivity contribution in [3.05, 3.63) is 87.5 Å². The van der Waals surface area contributed by atoms with E-state index in [2.05, 4.69) is 4.98 Å². The number of imidazole rings is 1. The number of carbonyl (C=O) groups is 1. The van der Waals surface area contributed by atoms with Crippen LogP contribution in [0.4, 0.5) is 0 Å². The first-order valence-electron chi connectivity index (χ1n) is 10.5. The summed E-state index contributed by atoms with van der Waals surface area (Å²) in [4.78, 5) is 20.1. The molecule has 0 radical (unpaired) electrons. The lowest BCUT2D eigenvalue weighted by Crippen LogP contribution is -2.28. The fraction of sp³-hybridized carbons (Fsp3) is 0.200. The third-order valence-corrected chi connectivity index (χ3v) is 6.28. The Labute approximate surface area is 201 Å². The van der Waals surface area contributed by atoms with E-state index in [9.17, 15) is 4.79 Å². The molecule has 33 heavy (non-hydrogen) atoms. The maximum Gasteiger partial charge on any atom is 0.246 e. The maximum atomic E-state index is 12.9. The van der Waals surface area contributed by atoms with Gasteiger partial charge in [0.25, 0.3) is 0 Å². The Morgan fingerprint density at radius 3 is 2.85 bits per heavy atom. The van der Waals surface area contributed by atoms with Gasteiger partial charge in [0, 0.05) is 30.2 Å². The minimum Gasteiger partial charge on any atom is -0.493 e. The Morgan fingerprint density at radius 1 is 1.21 bits per heavy atom. The van der Waals surface area contributed by atoms with Crippen molar-refractivity contribution < 1.29 is 14.3 Å². The lowest BCUT2D eigenvalue weighted by Gasteiger charge is -2.20. The fourth-order valence-electron chi connectivity index (χ4n) is 3.43. The van der Waals surface area contributed by atoms with Gasteiger partial charge in [0.05, 0.1) is 12.8 Å². The van der Waals surface area contributed by atoms with Gasteiger partial charge >= 0.3 is 0 Å². The highest BCUT2D eigenvalue weighted by atomic mass is 35.5. The maximum absolute atomic E-state index is 12.9. The highest BCUT2D eigenvalue weighted by Gasteiger charge is 2.13. The average molecular weight is 482 g/mol. The number of carbonyl (C=O) groups excluding carboxylic acids is 1. The SMILES string of the molecule is CCN(Cc1ccc(OCc2cccs2)c(OC)c1)C(=O)/C=C/c1c(Cl)nc2ccccn12. The zero-order chi connectivity index (χ0) is 23.2. The third kappa shape index (κ3) is 5.38. The van der Waals surface area contributed by atoms with Crippen molar-refractivity contribution >= 4 is 40.6 Å². The predicted octanol–water partition coefficient (Wildman–Crippen LogP) is 5.70. The molecule has 0 fully saturated rings. The van der Waals surface area contributed by atoms with Crippen LogP contribution in [0, 0.1) is 0 Å². The molecule has 0 aliphatic rings. The molecule has 1 amide bonds. The quantitative estimate of drug-likeness (QED) is 0.288.